The number of carbonyl (C=O) groups is 1. The van der Waals surface area contributed by atoms with Crippen molar-refractivity contribution in [1.82, 2.24) is 4.98 Å². The lowest BCUT2D eigenvalue weighted by Gasteiger charge is -2.08. The summed E-state index contributed by atoms with van der Waals surface area (Å²) in [6, 6.07) is 5.53. The molecule has 1 unspecified atom stereocenters. The Morgan fingerprint density at radius 2 is 2.42 bits per heavy atom. The van der Waals surface area contributed by atoms with Gasteiger partial charge in [-0.25, -0.2) is 4.98 Å². The Labute approximate surface area is 111 Å². The number of anilines is 1. The van der Waals surface area contributed by atoms with Crippen molar-refractivity contribution in [2.24, 2.45) is 5.92 Å². The van der Waals surface area contributed by atoms with Gasteiger partial charge in [0.1, 0.15) is 5.52 Å². The first-order chi connectivity index (χ1) is 9.20. The Morgan fingerprint density at radius 1 is 1.53 bits per heavy atom. The summed E-state index contributed by atoms with van der Waals surface area (Å²) in [6.45, 7) is 1.81. The van der Waals surface area contributed by atoms with Crippen molar-refractivity contribution in [1.29, 1.82) is 0 Å². The van der Waals surface area contributed by atoms with Gasteiger partial charge in [-0.3, -0.25) is 4.79 Å². The molecule has 1 N–H and O–H groups in total. The Morgan fingerprint density at radius 3 is 3.21 bits per heavy atom. The minimum absolute atomic E-state index is 0.0483. The second kappa shape index (κ2) is 4.88. The predicted molar refractivity (Wildman–Crippen MR) is 73.9 cm³/mol. The highest BCUT2D eigenvalue weighted by atomic mass is 16.3. The first-order valence-electron chi connectivity index (χ1n) is 6.54. The molecule has 4 nitrogen and oxygen atoms in total. The van der Waals surface area contributed by atoms with Crippen LogP contribution in [0.4, 0.5) is 5.69 Å². The average molecular weight is 256 g/mol. The van der Waals surface area contributed by atoms with Gasteiger partial charge >= 0.3 is 0 Å². The van der Waals surface area contributed by atoms with Crippen LogP contribution in [0.1, 0.15) is 25.2 Å². The zero-order valence-electron chi connectivity index (χ0n) is 10.8. The maximum atomic E-state index is 11.9. The largest absolute Gasteiger partial charge is 0.441 e. The number of hydrogen-bond donors (Lipinski definition) is 1. The molecule has 1 aliphatic rings. The minimum Gasteiger partial charge on any atom is -0.441 e. The first kappa shape index (κ1) is 12.0. The average Bonchev–Trinajstić information content (AvgIpc) is 2.96. The molecule has 98 valence electrons. The lowest BCUT2D eigenvalue weighted by Crippen LogP contribution is -2.14. The third-order valence-electron chi connectivity index (χ3n) is 3.34. The third-order valence-corrected chi connectivity index (χ3v) is 3.34. The van der Waals surface area contributed by atoms with E-state index in [9.17, 15) is 4.79 Å². The fourth-order valence-electron chi connectivity index (χ4n) is 2.43. The van der Waals surface area contributed by atoms with Gasteiger partial charge in [0, 0.05) is 25.1 Å². The standard InChI is InChI=1S/C15H16N2O2/c1-10-16-13-7-6-12(9-14(13)19-10)17-15(18)8-11-4-2-3-5-11/h2,4,6-7,9,11H,3,5,8H2,1H3,(H,17,18). The molecule has 0 saturated carbocycles. The monoisotopic (exact) mass is 256 g/mol. The van der Waals surface area contributed by atoms with Crippen LogP contribution in [0.2, 0.25) is 0 Å². The molecule has 1 amide bonds. The third kappa shape index (κ3) is 2.67. The maximum absolute atomic E-state index is 11.9. The van der Waals surface area contributed by atoms with Crippen molar-refractivity contribution in [2.75, 3.05) is 5.32 Å². The zero-order valence-corrected chi connectivity index (χ0v) is 10.8. The molecule has 2 aromatic rings. The molecule has 0 bridgehead atoms. The molecule has 4 heteroatoms. The molecule has 3 rings (SSSR count). The van der Waals surface area contributed by atoms with Crippen molar-refractivity contribution < 1.29 is 9.21 Å². The van der Waals surface area contributed by atoms with Crippen LogP contribution in [-0.2, 0) is 4.79 Å². The number of benzene rings is 1. The van der Waals surface area contributed by atoms with Crippen LogP contribution in [0, 0.1) is 12.8 Å². The Bertz CT molecular complexity index is 643. The van der Waals surface area contributed by atoms with Crippen molar-refractivity contribution in [3.8, 4) is 0 Å². The van der Waals surface area contributed by atoms with Crippen LogP contribution >= 0.6 is 0 Å². The molecule has 0 spiro atoms. The van der Waals surface area contributed by atoms with E-state index in [0.717, 1.165) is 24.0 Å². The number of fused-ring (bicyclic) bond motifs is 1. The van der Waals surface area contributed by atoms with E-state index in [4.69, 9.17) is 4.42 Å². The Hall–Kier alpha value is -2.10. The fourth-order valence-corrected chi connectivity index (χ4v) is 2.43. The van der Waals surface area contributed by atoms with Crippen molar-refractivity contribution >= 4 is 22.7 Å². The van der Waals surface area contributed by atoms with Crippen molar-refractivity contribution in [2.45, 2.75) is 26.2 Å². The predicted octanol–water partition coefficient (Wildman–Crippen LogP) is 3.43. The van der Waals surface area contributed by atoms with Gasteiger partial charge in [-0.15, -0.1) is 0 Å². The van der Waals surface area contributed by atoms with Gasteiger partial charge in [0.2, 0.25) is 5.91 Å². The smallest absolute Gasteiger partial charge is 0.224 e. The molecule has 1 heterocycles. The normalized spacial score (nSPS) is 18.1. The molecule has 0 saturated heterocycles. The van der Waals surface area contributed by atoms with E-state index < -0.39 is 0 Å². The highest BCUT2D eigenvalue weighted by Gasteiger charge is 2.14. The van der Waals surface area contributed by atoms with E-state index in [-0.39, 0.29) is 5.91 Å². The summed E-state index contributed by atoms with van der Waals surface area (Å²) in [5.74, 6) is 1.07. The second-order valence-electron chi connectivity index (χ2n) is 4.93. The van der Waals surface area contributed by atoms with Crippen molar-refractivity contribution in [3.63, 3.8) is 0 Å². The minimum atomic E-state index is 0.0483. The SMILES string of the molecule is Cc1nc2ccc(NC(=O)CC3C=CCC3)cc2o1. The summed E-state index contributed by atoms with van der Waals surface area (Å²) in [6.07, 6.45) is 6.98. The molecule has 0 aliphatic heterocycles. The summed E-state index contributed by atoms with van der Waals surface area (Å²) >= 11 is 0. The van der Waals surface area contributed by atoms with Gasteiger partial charge in [-0.1, -0.05) is 12.2 Å². The molecule has 1 aliphatic carbocycles. The second-order valence-corrected chi connectivity index (χ2v) is 4.93. The van der Waals surface area contributed by atoms with Gasteiger partial charge in [0.25, 0.3) is 0 Å². The van der Waals surface area contributed by atoms with E-state index in [0.29, 0.717) is 23.8 Å². The number of allylic oxidation sites excluding steroid dienone is 2. The first-order valence-corrected chi connectivity index (χ1v) is 6.54. The van der Waals surface area contributed by atoms with Crippen LogP contribution in [0.25, 0.3) is 11.1 Å². The lowest BCUT2D eigenvalue weighted by molar-refractivity contribution is -0.116. The summed E-state index contributed by atoms with van der Waals surface area (Å²) in [7, 11) is 0. The molecular formula is C15H16N2O2. The number of aromatic nitrogens is 1. The highest BCUT2D eigenvalue weighted by Crippen LogP contribution is 2.23. The molecule has 1 aromatic heterocycles. The van der Waals surface area contributed by atoms with Crippen LogP contribution in [0.15, 0.2) is 34.8 Å². The summed E-state index contributed by atoms with van der Waals surface area (Å²) in [5, 5.41) is 2.91. The molecule has 1 atom stereocenters. The number of nitrogens with one attached hydrogen (secondary N) is 1. The van der Waals surface area contributed by atoms with Gasteiger partial charge in [-0.2, -0.15) is 0 Å². The number of amides is 1. The highest BCUT2D eigenvalue weighted by molar-refractivity contribution is 5.93. The molecular weight excluding hydrogens is 240 g/mol. The van der Waals surface area contributed by atoms with Crippen LogP contribution in [0.3, 0.4) is 0 Å². The van der Waals surface area contributed by atoms with E-state index in [1.807, 2.05) is 25.1 Å². The summed E-state index contributed by atoms with van der Waals surface area (Å²) < 4.78 is 5.45. The number of nitrogens with zero attached hydrogens (tertiary/aromatic N) is 1. The van der Waals surface area contributed by atoms with Gasteiger partial charge in [0.05, 0.1) is 0 Å². The zero-order chi connectivity index (χ0) is 13.2. The summed E-state index contributed by atoms with van der Waals surface area (Å²) in [4.78, 5) is 16.1. The van der Waals surface area contributed by atoms with Crippen molar-refractivity contribution in [3.05, 3.63) is 36.2 Å². The van der Waals surface area contributed by atoms with Crippen LogP contribution < -0.4 is 5.32 Å². The number of oxazole rings is 1. The summed E-state index contributed by atoms with van der Waals surface area (Å²) in [5.41, 5.74) is 2.28. The van der Waals surface area contributed by atoms with Crippen LogP contribution in [0.5, 0.6) is 0 Å². The van der Waals surface area contributed by atoms with Gasteiger partial charge in [-0.05, 0) is 30.9 Å². The maximum Gasteiger partial charge on any atom is 0.224 e. The van der Waals surface area contributed by atoms with E-state index in [1.165, 1.54) is 0 Å². The van der Waals surface area contributed by atoms with E-state index >= 15 is 0 Å². The number of rotatable bonds is 3. The lowest BCUT2D eigenvalue weighted by atomic mass is 10.1. The van der Waals surface area contributed by atoms with E-state index in [2.05, 4.69) is 22.5 Å². The molecule has 1 aromatic carbocycles. The number of aryl methyl sites for hydroxylation is 1. The Kier molecular flexibility index (Phi) is 3.07. The van der Waals surface area contributed by atoms with Gasteiger partial charge in [0.15, 0.2) is 11.5 Å². The topological polar surface area (TPSA) is 55.1 Å². The molecule has 0 fully saturated rings. The fraction of sp³-hybridized carbons (Fsp3) is 0.333. The number of carbonyl (C=O) groups excluding carboxylic acids is 1. The molecule has 0 radical (unpaired) electrons. The quantitative estimate of drug-likeness (QED) is 0.856. The number of hydrogen-bond acceptors (Lipinski definition) is 3. The van der Waals surface area contributed by atoms with Crippen LogP contribution in [-0.4, -0.2) is 10.9 Å². The Balaban J connectivity index is 1.69. The molecule has 19 heavy (non-hydrogen) atoms. The van der Waals surface area contributed by atoms with E-state index in [1.54, 1.807) is 0 Å². The van der Waals surface area contributed by atoms with Gasteiger partial charge < -0.3 is 9.73 Å².